The van der Waals surface area contributed by atoms with Crippen molar-refractivity contribution in [3.63, 3.8) is 0 Å². The summed E-state index contributed by atoms with van der Waals surface area (Å²) in [7, 11) is 3.17. The van der Waals surface area contributed by atoms with Gasteiger partial charge in [-0.15, -0.1) is 11.3 Å². The summed E-state index contributed by atoms with van der Waals surface area (Å²) in [5.74, 6) is 1.26. The maximum Gasteiger partial charge on any atom is 0.170 e. The van der Waals surface area contributed by atoms with Crippen LogP contribution in [0.4, 0.5) is 0 Å². The smallest absolute Gasteiger partial charge is 0.170 e. The second kappa shape index (κ2) is 6.29. The fourth-order valence-electron chi connectivity index (χ4n) is 1.92. The highest BCUT2D eigenvalue weighted by Gasteiger charge is 2.16. The molecule has 0 spiro atoms. The summed E-state index contributed by atoms with van der Waals surface area (Å²) < 4.78 is 10.7. The third-order valence-corrected chi connectivity index (χ3v) is 3.78. The number of hydrogen-bond acceptors (Lipinski definition) is 6. The second-order valence-electron chi connectivity index (χ2n) is 4.25. The third-order valence-electron chi connectivity index (χ3n) is 2.90. The first kappa shape index (κ1) is 14.9. The standard InChI is InChI=1S/C15H15N3O2S/c1-9(17)11(7-16)12-8-21-15(18-12)10-5-4-6-13(19-2)14(10)20-3/h4-6,8H,17H2,1-3H3/b11-9+. The van der Waals surface area contributed by atoms with Crippen molar-refractivity contribution in [3.8, 4) is 28.1 Å². The number of nitriles is 1. The Kier molecular flexibility index (Phi) is 4.45. The minimum atomic E-state index is 0.388. The van der Waals surface area contributed by atoms with Crippen LogP contribution in [0.2, 0.25) is 0 Å². The number of rotatable bonds is 4. The molecule has 0 aliphatic heterocycles. The Labute approximate surface area is 127 Å². The highest BCUT2D eigenvalue weighted by Crippen LogP contribution is 2.39. The van der Waals surface area contributed by atoms with E-state index in [9.17, 15) is 0 Å². The molecule has 0 aliphatic rings. The zero-order valence-corrected chi connectivity index (χ0v) is 12.8. The number of para-hydroxylation sites is 1. The van der Waals surface area contributed by atoms with E-state index < -0.39 is 0 Å². The summed E-state index contributed by atoms with van der Waals surface area (Å²) >= 11 is 1.42. The summed E-state index contributed by atoms with van der Waals surface area (Å²) in [5.41, 5.74) is 7.94. The summed E-state index contributed by atoms with van der Waals surface area (Å²) in [5, 5.41) is 11.7. The van der Waals surface area contributed by atoms with E-state index in [4.69, 9.17) is 20.5 Å². The summed E-state index contributed by atoms with van der Waals surface area (Å²) in [4.78, 5) is 4.48. The molecule has 108 valence electrons. The van der Waals surface area contributed by atoms with Gasteiger partial charge in [0.1, 0.15) is 11.1 Å². The van der Waals surface area contributed by atoms with Crippen molar-refractivity contribution >= 4 is 16.9 Å². The van der Waals surface area contributed by atoms with Gasteiger partial charge >= 0.3 is 0 Å². The first-order valence-electron chi connectivity index (χ1n) is 6.16. The van der Waals surface area contributed by atoms with Gasteiger partial charge in [-0.1, -0.05) is 6.07 Å². The molecule has 5 nitrogen and oxygen atoms in total. The van der Waals surface area contributed by atoms with E-state index in [1.165, 1.54) is 11.3 Å². The van der Waals surface area contributed by atoms with E-state index in [1.807, 2.05) is 23.6 Å². The van der Waals surface area contributed by atoms with Gasteiger partial charge in [0.15, 0.2) is 11.5 Å². The Hall–Kier alpha value is -2.52. The molecule has 0 atom stereocenters. The van der Waals surface area contributed by atoms with Gasteiger partial charge in [0, 0.05) is 11.1 Å². The molecule has 0 fully saturated rings. The molecule has 6 heteroatoms. The van der Waals surface area contributed by atoms with Crippen molar-refractivity contribution in [2.45, 2.75) is 6.92 Å². The van der Waals surface area contributed by atoms with Gasteiger partial charge in [0.2, 0.25) is 0 Å². The number of methoxy groups -OCH3 is 2. The highest BCUT2D eigenvalue weighted by molar-refractivity contribution is 7.13. The van der Waals surface area contributed by atoms with Crippen molar-refractivity contribution < 1.29 is 9.47 Å². The minimum absolute atomic E-state index is 0.388. The van der Waals surface area contributed by atoms with E-state index >= 15 is 0 Å². The van der Waals surface area contributed by atoms with Crippen LogP contribution in [0.3, 0.4) is 0 Å². The summed E-state index contributed by atoms with van der Waals surface area (Å²) in [6, 6.07) is 7.66. The van der Waals surface area contributed by atoms with Crippen LogP contribution in [0.25, 0.3) is 16.1 Å². The van der Waals surface area contributed by atoms with Crippen LogP contribution >= 0.6 is 11.3 Å². The molecule has 21 heavy (non-hydrogen) atoms. The number of nitrogens with two attached hydrogens (primary N) is 1. The lowest BCUT2D eigenvalue weighted by molar-refractivity contribution is 0.356. The highest BCUT2D eigenvalue weighted by atomic mass is 32.1. The Morgan fingerprint density at radius 1 is 1.33 bits per heavy atom. The predicted octanol–water partition coefficient (Wildman–Crippen LogP) is 3.04. The molecule has 2 rings (SSSR count). The van der Waals surface area contributed by atoms with Crippen molar-refractivity contribution in [2.75, 3.05) is 14.2 Å². The number of aromatic nitrogens is 1. The van der Waals surface area contributed by atoms with Gasteiger partial charge < -0.3 is 15.2 Å². The van der Waals surface area contributed by atoms with Crippen LogP contribution in [-0.2, 0) is 0 Å². The van der Waals surface area contributed by atoms with Gasteiger partial charge in [-0.3, -0.25) is 0 Å². The van der Waals surface area contributed by atoms with Crippen molar-refractivity contribution in [2.24, 2.45) is 5.73 Å². The largest absolute Gasteiger partial charge is 0.493 e. The Bertz CT molecular complexity index is 725. The molecule has 1 heterocycles. The fraction of sp³-hybridized carbons (Fsp3) is 0.200. The average molecular weight is 301 g/mol. The number of benzene rings is 1. The molecule has 0 amide bonds. The average Bonchev–Trinajstić information content (AvgIpc) is 2.96. The zero-order valence-electron chi connectivity index (χ0n) is 12.0. The SMILES string of the molecule is COc1cccc(-c2nc(/C(C#N)=C(\C)N)cs2)c1OC. The number of allylic oxidation sites excluding steroid dienone is 2. The van der Waals surface area contributed by atoms with E-state index in [0.29, 0.717) is 28.5 Å². The Balaban J connectivity index is 2.53. The van der Waals surface area contributed by atoms with Crippen molar-refractivity contribution in [3.05, 3.63) is 35.0 Å². The molecular weight excluding hydrogens is 286 g/mol. The minimum Gasteiger partial charge on any atom is -0.493 e. The van der Waals surface area contributed by atoms with E-state index in [0.717, 1.165) is 10.6 Å². The van der Waals surface area contributed by atoms with Gasteiger partial charge in [-0.05, 0) is 19.1 Å². The first-order chi connectivity index (χ1) is 10.1. The lowest BCUT2D eigenvalue weighted by Crippen LogP contribution is -1.97. The molecule has 0 saturated heterocycles. The maximum absolute atomic E-state index is 9.14. The normalized spacial score (nSPS) is 11.5. The predicted molar refractivity (Wildman–Crippen MR) is 83.0 cm³/mol. The van der Waals surface area contributed by atoms with Crippen LogP contribution in [0.5, 0.6) is 11.5 Å². The van der Waals surface area contributed by atoms with Crippen molar-refractivity contribution in [1.29, 1.82) is 5.26 Å². The molecule has 0 unspecified atom stereocenters. The number of thiazole rings is 1. The van der Waals surface area contributed by atoms with E-state index in [2.05, 4.69) is 11.1 Å². The maximum atomic E-state index is 9.14. The monoisotopic (exact) mass is 301 g/mol. The fourth-order valence-corrected chi connectivity index (χ4v) is 2.75. The number of nitrogens with zero attached hydrogens (tertiary/aromatic N) is 2. The molecule has 0 bridgehead atoms. The van der Waals surface area contributed by atoms with Crippen LogP contribution < -0.4 is 15.2 Å². The Morgan fingerprint density at radius 2 is 2.10 bits per heavy atom. The lowest BCUT2D eigenvalue weighted by Gasteiger charge is -2.10. The number of hydrogen-bond donors (Lipinski definition) is 1. The summed E-state index contributed by atoms with van der Waals surface area (Å²) in [6.07, 6.45) is 0. The summed E-state index contributed by atoms with van der Waals surface area (Å²) in [6.45, 7) is 1.68. The molecule has 2 aromatic rings. The van der Waals surface area contributed by atoms with Crippen molar-refractivity contribution in [1.82, 2.24) is 4.98 Å². The van der Waals surface area contributed by atoms with E-state index in [-0.39, 0.29) is 0 Å². The quantitative estimate of drug-likeness (QED) is 0.878. The lowest BCUT2D eigenvalue weighted by atomic mass is 10.1. The third kappa shape index (κ3) is 2.83. The second-order valence-corrected chi connectivity index (χ2v) is 5.11. The Morgan fingerprint density at radius 3 is 2.67 bits per heavy atom. The topological polar surface area (TPSA) is 81.2 Å². The molecule has 2 N–H and O–H groups in total. The molecule has 0 aliphatic carbocycles. The van der Waals surface area contributed by atoms with Gasteiger partial charge in [0.25, 0.3) is 0 Å². The van der Waals surface area contributed by atoms with Crippen LogP contribution in [0.15, 0.2) is 29.3 Å². The zero-order chi connectivity index (χ0) is 15.4. The number of ether oxygens (including phenoxy) is 2. The van der Waals surface area contributed by atoms with Gasteiger partial charge in [0.05, 0.1) is 31.1 Å². The van der Waals surface area contributed by atoms with E-state index in [1.54, 1.807) is 21.1 Å². The van der Waals surface area contributed by atoms with Crippen LogP contribution in [0.1, 0.15) is 12.6 Å². The van der Waals surface area contributed by atoms with Gasteiger partial charge in [-0.25, -0.2) is 4.98 Å². The first-order valence-corrected chi connectivity index (χ1v) is 7.04. The molecule has 1 aromatic heterocycles. The molecule has 1 aromatic carbocycles. The van der Waals surface area contributed by atoms with Gasteiger partial charge in [-0.2, -0.15) is 5.26 Å². The molecule has 0 saturated carbocycles. The van der Waals surface area contributed by atoms with Crippen LogP contribution in [0, 0.1) is 11.3 Å². The van der Waals surface area contributed by atoms with Crippen LogP contribution in [-0.4, -0.2) is 19.2 Å². The molecular formula is C15H15N3O2S. The molecule has 0 radical (unpaired) electrons.